The maximum atomic E-state index is 11.3. The number of hydrogen-bond donors (Lipinski definition) is 3. The van der Waals surface area contributed by atoms with Gasteiger partial charge in [-0.2, -0.15) is 0 Å². The van der Waals surface area contributed by atoms with Crippen LogP contribution in [-0.2, 0) is 4.79 Å². The molecule has 3 N–H and O–H groups in total. The number of unbranched alkanes of at least 4 members (excludes halogenated alkanes) is 1. The first-order valence-electron chi connectivity index (χ1n) is 5.09. The van der Waals surface area contributed by atoms with E-state index in [4.69, 9.17) is 5.11 Å². The van der Waals surface area contributed by atoms with Gasteiger partial charge in [0.2, 0.25) is 0 Å². The quantitative estimate of drug-likeness (QED) is 0.408. The van der Waals surface area contributed by atoms with Crippen LogP contribution in [0.4, 0.5) is 0 Å². The average Bonchev–Trinajstić information content (AvgIpc) is 2.42. The Morgan fingerprint density at radius 2 is 2.36 bits per heavy atom. The third-order valence-electron chi connectivity index (χ3n) is 2.77. The highest BCUT2D eigenvalue weighted by Gasteiger charge is 2.28. The number of hydroxylamine groups is 2. The zero-order chi connectivity index (χ0) is 10.6. The molecule has 1 heterocycles. The molecule has 0 radical (unpaired) electrons. The van der Waals surface area contributed by atoms with Crippen LogP contribution < -0.4 is 10.4 Å². The van der Waals surface area contributed by atoms with Crippen LogP contribution in [0, 0.1) is 5.21 Å². The molecule has 0 aromatic carbocycles. The minimum Gasteiger partial charge on any atom is -0.633 e. The van der Waals surface area contributed by atoms with Crippen LogP contribution in [-0.4, -0.2) is 29.8 Å². The highest BCUT2D eigenvalue weighted by molar-refractivity contribution is 5.66. The molecule has 5 heteroatoms. The van der Waals surface area contributed by atoms with Gasteiger partial charge in [-0.3, -0.25) is 10.1 Å². The highest BCUT2D eigenvalue weighted by atomic mass is 16.5. The van der Waals surface area contributed by atoms with Crippen molar-refractivity contribution in [1.82, 2.24) is 5.32 Å². The zero-order valence-corrected chi connectivity index (χ0v) is 8.45. The van der Waals surface area contributed by atoms with Gasteiger partial charge in [-0.25, -0.2) is 0 Å². The van der Waals surface area contributed by atoms with Crippen molar-refractivity contribution in [2.24, 2.45) is 0 Å². The molecule has 0 amide bonds. The summed E-state index contributed by atoms with van der Waals surface area (Å²) in [5.41, 5.74) is 0. The van der Waals surface area contributed by atoms with E-state index in [9.17, 15) is 10.0 Å². The first kappa shape index (κ1) is 11.4. The largest absolute Gasteiger partial charge is 0.633 e. The van der Waals surface area contributed by atoms with Crippen molar-refractivity contribution >= 4 is 5.97 Å². The summed E-state index contributed by atoms with van der Waals surface area (Å²) in [7, 11) is 0. The number of rotatable bonds is 5. The lowest BCUT2D eigenvalue weighted by Crippen LogP contribution is -3.10. The van der Waals surface area contributed by atoms with E-state index >= 15 is 0 Å². The van der Waals surface area contributed by atoms with Crippen molar-refractivity contribution in [3.05, 3.63) is 5.21 Å². The van der Waals surface area contributed by atoms with E-state index in [0.717, 1.165) is 12.8 Å². The molecule has 0 bridgehead atoms. The second-order valence-corrected chi connectivity index (χ2v) is 3.88. The maximum Gasteiger partial charge on any atom is 0.303 e. The van der Waals surface area contributed by atoms with Gasteiger partial charge in [-0.15, -0.1) is 0 Å². The molecule has 1 saturated heterocycles. The van der Waals surface area contributed by atoms with Crippen LogP contribution in [0.5, 0.6) is 0 Å². The van der Waals surface area contributed by atoms with E-state index in [2.05, 4.69) is 5.32 Å². The molecule has 3 unspecified atom stereocenters. The summed E-state index contributed by atoms with van der Waals surface area (Å²) in [5.74, 6) is -0.756. The molecule has 1 fully saturated rings. The fourth-order valence-electron chi connectivity index (χ4n) is 1.87. The maximum absolute atomic E-state index is 11.3. The summed E-state index contributed by atoms with van der Waals surface area (Å²) in [6, 6.07) is 0.358. The summed E-state index contributed by atoms with van der Waals surface area (Å²) in [5, 5.41) is 23.1. The van der Waals surface area contributed by atoms with Gasteiger partial charge < -0.3 is 15.4 Å². The van der Waals surface area contributed by atoms with Gasteiger partial charge in [0.25, 0.3) is 0 Å². The van der Waals surface area contributed by atoms with E-state index in [1.54, 1.807) is 0 Å². The van der Waals surface area contributed by atoms with Gasteiger partial charge in [0.05, 0.1) is 6.04 Å². The monoisotopic (exact) mass is 202 g/mol. The summed E-state index contributed by atoms with van der Waals surface area (Å²) < 4.78 is 0. The molecule has 0 aromatic rings. The van der Waals surface area contributed by atoms with Gasteiger partial charge in [-0.1, -0.05) is 0 Å². The molecule has 0 saturated carbocycles. The smallest absolute Gasteiger partial charge is 0.303 e. The van der Waals surface area contributed by atoms with Gasteiger partial charge in [0.15, 0.2) is 0 Å². The van der Waals surface area contributed by atoms with Crippen molar-refractivity contribution in [3.63, 3.8) is 0 Å². The van der Waals surface area contributed by atoms with Crippen LogP contribution in [0.25, 0.3) is 0 Å². The van der Waals surface area contributed by atoms with Crippen LogP contribution in [0.3, 0.4) is 0 Å². The first-order valence-corrected chi connectivity index (χ1v) is 5.09. The minimum atomic E-state index is -0.756. The van der Waals surface area contributed by atoms with Gasteiger partial charge in [0.1, 0.15) is 12.7 Å². The topological polar surface area (TPSA) is 76.8 Å². The lowest BCUT2D eigenvalue weighted by Gasteiger charge is -2.24. The predicted molar refractivity (Wildman–Crippen MR) is 51.7 cm³/mol. The number of aliphatic carboxylic acids is 1. The molecule has 1 aliphatic heterocycles. The van der Waals surface area contributed by atoms with Crippen molar-refractivity contribution in [3.8, 4) is 0 Å². The number of carboxylic acids is 1. The summed E-state index contributed by atoms with van der Waals surface area (Å²) in [6.45, 7) is 2.48. The van der Waals surface area contributed by atoms with Gasteiger partial charge in [0, 0.05) is 12.8 Å². The lowest BCUT2D eigenvalue weighted by molar-refractivity contribution is -0.863. The van der Waals surface area contributed by atoms with Crippen LogP contribution in [0.15, 0.2) is 0 Å². The third kappa shape index (κ3) is 3.25. The molecule has 0 aromatic heterocycles. The number of hydrogen-bond acceptors (Lipinski definition) is 3. The van der Waals surface area contributed by atoms with Crippen molar-refractivity contribution in [1.29, 1.82) is 0 Å². The molecule has 0 spiro atoms. The number of nitrogens with one attached hydrogen (secondary N) is 2. The number of carbonyl (C=O) groups is 1. The third-order valence-corrected chi connectivity index (χ3v) is 2.77. The molecule has 5 nitrogen and oxygen atoms in total. The predicted octanol–water partition coefficient (Wildman–Crippen LogP) is -0.668. The molecule has 82 valence electrons. The van der Waals surface area contributed by atoms with E-state index in [-0.39, 0.29) is 23.6 Å². The van der Waals surface area contributed by atoms with Crippen LogP contribution >= 0.6 is 0 Å². The SMILES string of the molecule is CC1NC[NH+]([O-])C1CCCCC(=O)O. The number of carboxylic acid groups (broad SMARTS) is 1. The standard InChI is InChI=1S/C9H18N2O3/c1-7-8(11(14)6-10-7)4-2-3-5-9(12)13/h7-8,10-11H,2-6H2,1H3,(H,12,13). The summed E-state index contributed by atoms with van der Waals surface area (Å²) in [4.78, 5) is 10.2. The van der Waals surface area contributed by atoms with Crippen molar-refractivity contribution < 1.29 is 15.0 Å². The normalized spacial score (nSPS) is 32.0. The second kappa shape index (κ2) is 5.29. The molecule has 1 rings (SSSR count). The van der Waals surface area contributed by atoms with Crippen LogP contribution in [0.1, 0.15) is 32.6 Å². The molecule has 3 atom stereocenters. The van der Waals surface area contributed by atoms with Crippen molar-refractivity contribution in [2.75, 3.05) is 6.67 Å². The van der Waals surface area contributed by atoms with Gasteiger partial charge in [-0.05, 0) is 19.8 Å². The first-order chi connectivity index (χ1) is 6.61. The Morgan fingerprint density at radius 3 is 2.86 bits per heavy atom. The molecular weight excluding hydrogens is 184 g/mol. The second-order valence-electron chi connectivity index (χ2n) is 3.88. The van der Waals surface area contributed by atoms with E-state index in [1.807, 2.05) is 6.92 Å². The Labute approximate surface area is 83.7 Å². The Hall–Kier alpha value is -0.650. The van der Waals surface area contributed by atoms with Crippen molar-refractivity contribution in [2.45, 2.75) is 44.7 Å². The lowest BCUT2D eigenvalue weighted by atomic mass is 10.0. The minimum absolute atomic E-state index is 0.101. The molecule has 0 aliphatic carbocycles. The summed E-state index contributed by atoms with van der Waals surface area (Å²) >= 11 is 0. The van der Waals surface area contributed by atoms with E-state index in [0.29, 0.717) is 13.1 Å². The number of quaternary nitrogens is 1. The fourth-order valence-corrected chi connectivity index (χ4v) is 1.87. The van der Waals surface area contributed by atoms with E-state index in [1.165, 1.54) is 0 Å². The average molecular weight is 202 g/mol. The highest BCUT2D eigenvalue weighted by Crippen LogP contribution is 2.06. The Morgan fingerprint density at radius 1 is 1.64 bits per heavy atom. The Kier molecular flexibility index (Phi) is 4.31. The molecule has 14 heavy (non-hydrogen) atoms. The zero-order valence-electron chi connectivity index (χ0n) is 8.45. The molecule has 1 aliphatic rings. The van der Waals surface area contributed by atoms with Crippen LogP contribution in [0.2, 0.25) is 0 Å². The fraction of sp³-hybridized carbons (Fsp3) is 0.889. The Balaban J connectivity index is 2.14. The molecular formula is C9H18N2O3. The van der Waals surface area contributed by atoms with Gasteiger partial charge >= 0.3 is 5.97 Å². The summed E-state index contributed by atoms with van der Waals surface area (Å²) in [6.07, 6.45) is 2.53. The Bertz CT molecular complexity index is 188. The van der Waals surface area contributed by atoms with E-state index < -0.39 is 5.97 Å².